The molecule has 0 amide bonds. The van der Waals surface area contributed by atoms with E-state index in [1.807, 2.05) is 31.2 Å². The lowest BCUT2D eigenvalue weighted by molar-refractivity contribution is 0.0933. The fraction of sp³-hybridized carbons (Fsp3) is 0.136. The third kappa shape index (κ3) is 4.70. The van der Waals surface area contributed by atoms with Gasteiger partial charge in [0, 0.05) is 5.56 Å². The largest absolute Gasteiger partial charge is 0.297 e. The molecule has 138 valence electrons. The maximum absolute atomic E-state index is 13.0. The van der Waals surface area contributed by atoms with Gasteiger partial charge in [-0.05, 0) is 24.6 Å². The zero-order chi connectivity index (χ0) is 19.3. The average molecular weight is 380 g/mol. The molecule has 0 aliphatic carbocycles. The number of hydrogen-bond acceptors (Lipinski definition) is 4. The molecule has 0 aliphatic rings. The molecule has 0 saturated heterocycles. The van der Waals surface area contributed by atoms with Gasteiger partial charge in [0.05, 0.1) is 17.4 Å². The van der Waals surface area contributed by atoms with Crippen molar-refractivity contribution in [3.8, 4) is 0 Å². The number of ketones is 1. The van der Waals surface area contributed by atoms with Crippen molar-refractivity contribution < 1.29 is 17.4 Å². The van der Waals surface area contributed by atoms with Crippen LogP contribution in [0, 0.1) is 6.92 Å². The summed E-state index contributed by atoms with van der Waals surface area (Å²) >= 11 is 0. The fourth-order valence-corrected chi connectivity index (χ4v) is 3.66. The highest BCUT2D eigenvalue weighted by molar-refractivity contribution is 7.86. The molecule has 3 aromatic carbocycles. The Balaban J connectivity index is 1.86. The lowest BCUT2D eigenvalue weighted by Crippen LogP contribution is -2.21. The van der Waals surface area contributed by atoms with Gasteiger partial charge in [-0.15, -0.1) is 0 Å². The summed E-state index contributed by atoms with van der Waals surface area (Å²) in [6.07, 6.45) is 0. The number of rotatable bonds is 7. The van der Waals surface area contributed by atoms with Crippen LogP contribution in [0.15, 0.2) is 89.8 Å². The van der Waals surface area contributed by atoms with E-state index >= 15 is 0 Å². The topological polar surface area (TPSA) is 60.4 Å². The summed E-state index contributed by atoms with van der Waals surface area (Å²) in [6.45, 7) is 1.62. The molecule has 0 heterocycles. The van der Waals surface area contributed by atoms with E-state index in [0.717, 1.165) is 5.56 Å². The van der Waals surface area contributed by atoms with Crippen molar-refractivity contribution in [3.63, 3.8) is 0 Å². The molecule has 3 aromatic rings. The van der Waals surface area contributed by atoms with E-state index < -0.39 is 16.0 Å². The first-order chi connectivity index (χ1) is 13.0. The van der Waals surface area contributed by atoms with Gasteiger partial charge in [0.15, 0.2) is 5.78 Å². The van der Waals surface area contributed by atoms with Crippen molar-refractivity contribution in [2.45, 2.75) is 17.7 Å². The highest BCUT2D eigenvalue weighted by Crippen LogP contribution is 2.24. The standard InChI is InChI=1S/C22H20O4S/c1-17-12-14-20(15-13-17)27(24,25)26-16-21(18-8-4-2-5-9-18)22(23)19-10-6-3-7-11-19/h2-15,21H,16H2,1H3. The summed E-state index contributed by atoms with van der Waals surface area (Å²) in [5.41, 5.74) is 2.18. The highest BCUT2D eigenvalue weighted by atomic mass is 32.2. The average Bonchev–Trinajstić information content (AvgIpc) is 2.70. The highest BCUT2D eigenvalue weighted by Gasteiger charge is 2.25. The Morgan fingerprint density at radius 1 is 0.852 bits per heavy atom. The van der Waals surface area contributed by atoms with E-state index in [2.05, 4.69) is 0 Å². The van der Waals surface area contributed by atoms with Crippen LogP contribution >= 0.6 is 0 Å². The summed E-state index contributed by atoms with van der Waals surface area (Å²) in [5.74, 6) is -0.894. The third-order valence-corrected chi connectivity index (χ3v) is 5.57. The van der Waals surface area contributed by atoms with Crippen molar-refractivity contribution in [1.82, 2.24) is 0 Å². The molecule has 4 nitrogen and oxygen atoms in total. The Labute approximate surface area is 159 Å². The van der Waals surface area contributed by atoms with Gasteiger partial charge in [-0.2, -0.15) is 8.42 Å². The van der Waals surface area contributed by atoms with E-state index in [1.54, 1.807) is 48.5 Å². The molecule has 0 aliphatic heterocycles. The molecular weight excluding hydrogens is 360 g/mol. The molecule has 0 aromatic heterocycles. The van der Waals surface area contributed by atoms with Gasteiger partial charge in [0.25, 0.3) is 10.1 Å². The van der Waals surface area contributed by atoms with Crippen LogP contribution in [0.1, 0.15) is 27.4 Å². The van der Waals surface area contributed by atoms with Crippen LogP contribution in [-0.2, 0) is 14.3 Å². The summed E-state index contributed by atoms with van der Waals surface area (Å²) < 4.78 is 30.3. The Morgan fingerprint density at radius 2 is 1.41 bits per heavy atom. The third-order valence-electron chi connectivity index (χ3n) is 4.28. The van der Waals surface area contributed by atoms with Crippen LogP contribution in [-0.4, -0.2) is 20.8 Å². The second kappa shape index (κ2) is 8.29. The minimum absolute atomic E-state index is 0.0760. The molecule has 3 rings (SSSR count). The van der Waals surface area contributed by atoms with Crippen molar-refractivity contribution in [1.29, 1.82) is 0 Å². The van der Waals surface area contributed by atoms with Crippen LogP contribution in [0.2, 0.25) is 0 Å². The van der Waals surface area contributed by atoms with Gasteiger partial charge in [-0.1, -0.05) is 78.4 Å². The monoisotopic (exact) mass is 380 g/mol. The zero-order valence-corrected chi connectivity index (χ0v) is 15.7. The number of benzene rings is 3. The van der Waals surface area contributed by atoms with Crippen molar-refractivity contribution in [2.75, 3.05) is 6.61 Å². The molecule has 0 radical (unpaired) electrons. The Morgan fingerprint density at radius 3 is 2.00 bits per heavy atom. The van der Waals surface area contributed by atoms with Gasteiger partial charge in [-0.25, -0.2) is 0 Å². The number of Topliss-reactive ketones (excluding diaryl/α,β-unsaturated/α-hetero) is 1. The van der Waals surface area contributed by atoms with Crippen LogP contribution in [0.25, 0.3) is 0 Å². The molecule has 0 spiro atoms. The molecule has 1 unspecified atom stereocenters. The Hall–Kier alpha value is -2.76. The minimum Gasteiger partial charge on any atom is -0.293 e. The quantitative estimate of drug-likeness (QED) is 0.451. The summed E-state index contributed by atoms with van der Waals surface area (Å²) in [5, 5.41) is 0. The predicted molar refractivity (Wildman–Crippen MR) is 104 cm³/mol. The van der Waals surface area contributed by atoms with Crippen molar-refractivity contribution >= 4 is 15.9 Å². The molecule has 27 heavy (non-hydrogen) atoms. The first-order valence-corrected chi connectivity index (χ1v) is 9.98. The van der Waals surface area contributed by atoms with Gasteiger partial charge < -0.3 is 0 Å². The number of aryl methyl sites for hydroxylation is 1. The smallest absolute Gasteiger partial charge is 0.293 e. The van der Waals surface area contributed by atoms with E-state index in [-0.39, 0.29) is 17.3 Å². The molecule has 1 atom stereocenters. The second-order valence-corrected chi connectivity index (χ2v) is 7.86. The van der Waals surface area contributed by atoms with E-state index in [1.165, 1.54) is 12.1 Å². The first-order valence-electron chi connectivity index (χ1n) is 8.58. The minimum atomic E-state index is -3.95. The van der Waals surface area contributed by atoms with E-state index in [9.17, 15) is 13.2 Å². The molecule has 5 heteroatoms. The summed E-state index contributed by atoms with van der Waals surface area (Å²) in [7, 11) is -3.95. The Bertz CT molecular complexity index is 995. The second-order valence-electron chi connectivity index (χ2n) is 6.25. The number of hydrogen-bond donors (Lipinski definition) is 0. The zero-order valence-electron chi connectivity index (χ0n) is 14.9. The Kier molecular flexibility index (Phi) is 5.84. The number of carbonyl (C=O) groups is 1. The lowest BCUT2D eigenvalue weighted by Gasteiger charge is -2.17. The van der Waals surface area contributed by atoms with Crippen LogP contribution in [0.3, 0.4) is 0 Å². The van der Waals surface area contributed by atoms with Gasteiger partial charge in [-0.3, -0.25) is 8.98 Å². The summed E-state index contributed by atoms with van der Waals surface area (Å²) in [6, 6.07) is 24.3. The molecule has 0 fully saturated rings. The van der Waals surface area contributed by atoms with Gasteiger partial charge in [0.1, 0.15) is 0 Å². The predicted octanol–water partition coefficient (Wildman–Crippen LogP) is 4.37. The SMILES string of the molecule is Cc1ccc(S(=O)(=O)OCC(C(=O)c2ccccc2)c2ccccc2)cc1. The van der Waals surface area contributed by atoms with E-state index in [0.29, 0.717) is 11.1 Å². The molecule has 0 N–H and O–H groups in total. The first kappa shape index (κ1) is 19.0. The normalized spacial score (nSPS) is 12.5. The maximum Gasteiger partial charge on any atom is 0.297 e. The van der Waals surface area contributed by atoms with Gasteiger partial charge in [0.2, 0.25) is 0 Å². The number of carbonyl (C=O) groups excluding carboxylic acids is 1. The summed E-state index contributed by atoms with van der Waals surface area (Å²) in [4.78, 5) is 13.0. The molecule has 0 bridgehead atoms. The van der Waals surface area contributed by atoms with Crippen molar-refractivity contribution in [3.05, 3.63) is 102 Å². The van der Waals surface area contributed by atoms with Crippen molar-refractivity contribution in [2.24, 2.45) is 0 Å². The fourth-order valence-electron chi connectivity index (χ4n) is 2.74. The van der Waals surface area contributed by atoms with E-state index in [4.69, 9.17) is 4.18 Å². The van der Waals surface area contributed by atoms with Crippen LogP contribution in [0.5, 0.6) is 0 Å². The lowest BCUT2D eigenvalue weighted by atomic mass is 9.91. The molecule has 0 saturated carbocycles. The molecular formula is C22H20O4S. The van der Waals surface area contributed by atoms with Crippen LogP contribution < -0.4 is 0 Å². The van der Waals surface area contributed by atoms with Gasteiger partial charge >= 0.3 is 0 Å². The maximum atomic E-state index is 13.0. The van der Waals surface area contributed by atoms with Crippen LogP contribution in [0.4, 0.5) is 0 Å².